The highest BCUT2D eigenvalue weighted by Gasteiger charge is 2.29. The van der Waals surface area contributed by atoms with E-state index in [1.165, 1.54) is 26.9 Å². The lowest BCUT2D eigenvalue weighted by atomic mass is 9.84. The first-order valence-electron chi connectivity index (χ1n) is 48.6. The van der Waals surface area contributed by atoms with Gasteiger partial charge in [-0.2, -0.15) is 5.10 Å². The highest BCUT2D eigenvalue weighted by Crippen LogP contribution is 2.37. The molecule has 0 radical (unpaired) electrons. The average molecular weight is 1930 g/mol. The van der Waals surface area contributed by atoms with Crippen LogP contribution in [-0.2, 0) is 119 Å². The first kappa shape index (κ1) is 111. The van der Waals surface area contributed by atoms with E-state index >= 15 is 0 Å². The Labute approximate surface area is 840 Å². The number of pyridine rings is 12. The van der Waals surface area contributed by atoms with Crippen molar-refractivity contribution in [2.45, 2.75) is 242 Å². The third-order valence-electron chi connectivity index (χ3n) is 25.3. The van der Waals surface area contributed by atoms with Gasteiger partial charge in [0, 0.05) is 192 Å². The maximum Gasteiger partial charge on any atom is 0.276 e. The summed E-state index contributed by atoms with van der Waals surface area (Å²) in [5, 5.41) is 15.0. The van der Waals surface area contributed by atoms with E-state index in [4.69, 9.17) is 0 Å². The Bertz CT molecular complexity index is 6960. The molecule has 0 unspecified atom stereocenters. The second-order valence-electron chi connectivity index (χ2n) is 46.5. The van der Waals surface area contributed by atoms with Crippen LogP contribution in [0.25, 0.3) is 92.8 Å². The zero-order chi connectivity index (χ0) is 107. The summed E-state index contributed by atoms with van der Waals surface area (Å²) in [5.74, 6) is 0. The summed E-state index contributed by atoms with van der Waals surface area (Å²) in [5.41, 5.74) is 15.6. The van der Waals surface area contributed by atoms with Gasteiger partial charge in [-0.05, 0) is 166 Å². The minimum atomic E-state index is -0.0644. The first-order chi connectivity index (χ1) is 66.2. The molecule has 4 aromatic carbocycles. The third kappa shape index (κ3) is 25.5. The summed E-state index contributed by atoms with van der Waals surface area (Å²) in [6, 6.07) is 46.0. The van der Waals surface area contributed by atoms with Gasteiger partial charge in [-0.15, -0.1) is 0 Å². The van der Waals surface area contributed by atoms with Gasteiger partial charge in [0.05, 0.1) is 32.9 Å². The van der Waals surface area contributed by atoms with Crippen molar-refractivity contribution in [2.24, 2.45) is 63.4 Å². The molecule has 13 heterocycles. The number of hydrogen-bond donors (Lipinski definition) is 0. The fraction of sp³-hybridized carbons (Fsp3) is 0.383. The fourth-order valence-corrected chi connectivity index (χ4v) is 17.4. The van der Waals surface area contributed by atoms with Crippen LogP contribution in [0.3, 0.4) is 0 Å². The summed E-state index contributed by atoms with van der Waals surface area (Å²) in [7, 11) is 16.1. The van der Waals surface area contributed by atoms with Crippen molar-refractivity contribution in [3.63, 3.8) is 0 Å². The van der Waals surface area contributed by atoms with Gasteiger partial charge in [0.1, 0.15) is 11.0 Å². The topological polar surface area (TPSA) is 262 Å². The van der Waals surface area contributed by atoms with Crippen molar-refractivity contribution < 1.29 is 0 Å². The molecule has 0 fully saturated rings. The molecule has 0 saturated heterocycles. The van der Waals surface area contributed by atoms with Crippen LogP contribution in [0.5, 0.6) is 0 Å². The van der Waals surface area contributed by atoms with E-state index in [1.807, 2.05) is 211 Å². The Kier molecular flexibility index (Phi) is 33.2. The summed E-state index contributed by atoms with van der Waals surface area (Å²) < 4.78 is 14.6. The predicted octanol–water partition coefficient (Wildman–Crippen LogP) is 21.9. The highest BCUT2D eigenvalue weighted by molar-refractivity contribution is 5.90. The van der Waals surface area contributed by atoms with Crippen LogP contribution in [0, 0.1) is 0 Å². The smallest absolute Gasteiger partial charge is 0.276 e. The molecule has 0 spiro atoms. The van der Waals surface area contributed by atoms with Crippen LogP contribution >= 0.6 is 0 Å². The third-order valence-corrected chi connectivity index (χ3v) is 25.3. The Balaban J connectivity index is 0.000000165. The minimum Gasteiger partial charge on any atom is -0.318 e. The van der Waals surface area contributed by atoms with Crippen molar-refractivity contribution in [2.75, 3.05) is 0 Å². The molecule has 18 rings (SSSR count). The zero-order valence-corrected chi connectivity index (χ0v) is 91.1. The molecule has 23 nitrogen and oxygen atoms in total. The van der Waals surface area contributed by atoms with Crippen molar-refractivity contribution >= 4 is 92.8 Å². The maximum absolute atomic E-state index is 12.0. The first-order valence-corrected chi connectivity index (χ1v) is 48.6. The predicted molar refractivity (Wildman–Crippen MR) is 595 cm³/mol. The van der Waals surface area contributed by atoms with Crippen LogP contribution in [0.15, 0.2) is 269 Å². The quantitative estimate of drug-likeness (QED) is 0.137. The Morgan fingerprint density at radius 1 is 0.210 bits per heavy atom. The molecule has 752 valence electrons. The number of rotatable bonds is 0. The summed E-state index contributed by atoms with van der Waals surface area (Å²) >= 11 is 0. The SMILES string of the molecule is Cn1cc(C(C)(C)C)c2c(c1=O)CC=C2.Cn1cc(C(C)(C)C)c2ccccc2c1=O.Cn1cc(C(C)(C)C)c2ccccc2c1=O.Cn1cc(C(C)(C)C)c2ccccc2c1=O.Cn1cc(C(C)(C)C)c2cccnc2c1=O.Cn1cc(C(C)(C)C)c2cccnc2c1=O.Cn1cc(C(C)(C)C)c2ncccc2c1=O.Cn1cc(C(C)(C)C)c2ncccc2c1=O.Cn1nc(C(C)(C)C)c2ccccc2c1=O. The van der Waals surface area contributed by atoms with Gasteiger partial charge in [0.2, 0.25) is 0 Å². The lowest BCUT2D eigenvalue weighted by molar-refractivity contribution is 0.540. The molecule has 0 saturated carbocycles. The average Bonchev–Trinajstić information content (AvgIpc) is 1.36. The molecule has 13 aromatic heterocycles. The molecular weight excluding hydrogens is 1780 g/mol. The molecule has 0 amide bonds. The molecule has 23 heteroatoms. The van der Waals surface area contributed by atoms with E-state index in [-0.39, 0.29) is 98.8 Å². The number of aryl methyl sites for hydroxylation is 9. The number of aromatic nitrogens is 14. The number of nitrogens with zero attached hydrogens (tertiary/aromatic N) is 14. The molecule has 0 aliphatic heterocycles. The van der Waals surface area contributed by atoms with E-state index in [2.05, 4.69) is 224 Å². The van der Waals surface area contributed by atoms with Gasteiger partial charge in [0.15, 0.2) is 0 Å². The molecular formula is C120H148N14O9. The number of allylic oxidation sites excluding steroid dienone is 1. The molecule has 1 aliphatic carbocycles. The van der Waals surface area contributed by atoms with Crippen molar-refractivity contribution in [3.05, 3.63) is 381 Å². The Morgan fingerprint density at radius 3 is 0.713 bits per heavy atom. The van der Waals surface area contributed by atoms with Crippen molar-refractivity contribution in [1.82, 2.24) is 66.3 Å². The molecule has 0 N–H and O–H groups in total. The van der Waals surface area contributed by atoms with Gasteiger partial charge < -0.3 is 36.5 Å². The van der Waals surface area contributed by atoms with Gasteiger partial charge in [-0.1, -0.05) is 284 Å². The minimum absolute atomic E-state index is 0.00669. The standard InChI is InChI=1S/3C14H17NO.5C13H16N2O.C13H17NO/c3*1-14(2,3)12-9-15(4)13(16)11-8-6-5-7-10(11)12;2*1-13(2,3)10-8-15(4)12(16)9-6-5-7-14-11(9)10;2*1-13(2,3)10-8-15(4)12(16)11-9(10)6-5-7-14-11;1-13(2,3)11-9-7-5-6-8-10(9)12(16)15(4)14-11;1-13(2,3)11-8-14(4)12(15)10-7-5-6-9(10)11/h3*5-9H,1-4H3;5*5-8H,1-4H3;5-6,8H,7H2,1-4H3. The van der Waals surface area contributed by atoms with Crippen LogP contribution in [0.4, 0.5) is 0 Å². The largest absolute Gasteiger partial charge is 0.318 e. The second-order valence-corrected chi connectivity index (χ2v) is 46.5. The summed E-state index contributed by atoms with van der Waals surface area (Å²) in [4.78, 5) is 124. The lowest BCUT2D eigenvalue weighted by Gasteiger charge is -2.23. The number of fused-ring (bicyclic) bond motifs is 9. The van der Waals surface area contributed by atoms with E-state index < -0.39 is 0 Å². The molecule has 0 bridgehead atoms. The van der Waals surface area contributed by atoms with Gasteiger partial charge >= 0.3 is 0 Å². The van der Waals surface area contributed by atoms with E-state index in [9.17, 15) is 43.2 Å². The van der Waals surface area contributed by atoms with Crippen LogP contribution in [0.1, 0.15) is 248 Å². The van der Waals surface area contributed by atoms with Crippen LogP contribution in [0.2, 0.25) is 0 Å². The second kappa shape index (κ2) is 42.9. The highest BCUT2D eigenvalue weighted by atomic mass is 16.2. The summed E-state index contributed by atoms with van der Waals surface area (Å²) in [6.07, 6.45) is 27.1. The molecule has 0 atom stereocenters. The van der Waals surface area contributed by atoms with Crippen LogP contribution in [-0.4, -0.2) is 66.3 Å². The van der Waals surface area contributed by atoms with Crippen molar-refractivity contribution in [3.8, 4) is 0 Å². The number of benzene rings is 4. The van der Waals surface area contributed by atoms with E-state index in [1.54, 1.807) is 109 Å². The van der Waals surface area contributed by atoms with Crippen LogP contribution < -0.4 is 50.0 Å². The molecule has 17 aromatic rings. The van der Waals surface area contributed by atoms with Crippen molar-refractivity contribution in [1.29, 1.82) is 0 Å². The number of hydrogen-bond acceptors (Lipinski definition) is 14. The Hall–Kier alpha value is -14.2. The zero-order valence-electron chi connectivity index (χ0n) is 91.1. The lowest BCUT2D eigenvalue weighted by Crippen LogP contribution is -2.26. The van der Waals surface area contributed by atoms with Gasteiger partial charge in [-0.3, -0.25) is 63.1 Å². The Morgan fingerprint density at radius 2 is 0.427 bits per heavy atom. The summed E-state index contributed by atoms with van der Waals surface area (Å²) in [6.45, 7) is 57.9. The fourth-order valence-electron chi connectivity index (χ4n) is 17.4. The monoisotopic (exact) mass is 1930 g/mol. The van der Waals surface area contributed by atoms with Gasteiger partial charge in [0.25, 0.3) is 50.0 Å². The van der Waals surface area contributed by atoms with E-state index in [0.717, 1.165) is 110 Å². The normalized spacial score (nSPS) is 12.3. The molecule has 143 heavy (non-hydrogen) atoms. The van der Waals surface area contributed by atoms with Gasteiger partial charge in [-0.25, -0.2) is 4.68 Å². The van der Waals surface area contributed by atoms with E-state index in [0.29, 0.717) is 21.8 Å². The maximum atomic E-state index is 12.0. The molecule has 1 aliphatic rings.